The van der Waals surface area contributed by atoms with Crippen LogP contribution in [0.5, 0.6) is 5.75 Å². The molecular formula is C21H36N4O2. The normalized spacial score (nSPS) is 16.3. The first kappa shape index (κ1) is 21.5. The zero-order valence-corrected chi connectivity index (χ0v) is 17.2. The molecule has 1 aromatic carbocycles. The number of nitrogens with zero attached hydrogens (tertiary/aromatic N) is 2. The van der Waals surface area contributed by atoms with E-state index in [1.165, 1.54) is 38.9 Å². The summed E-state index contributed by atoms with van der Waals surface area (Å²) in [5, 5.41) is 6.93. The minimum atomic E-state index is 0.505. The molecule has 0 amide bonds. The van der Waals surface area contributed by atoms with Gasteiger partial charge in [0.15, 0.2) is 5.96 Å². The molecule has 2 rings (SSSR count). The summed E-state index contributed by atoms with van der Waals surface area (Å²) in [5.74, 6) is 1.76. The molecule has 1 fully saturated rings. The van der Waals surface area contributed by atoms with Crippen LogP contribution in [0.3, 0.4) is 0 Å². The molecule has 0 radical (unpaired) electrons. The number of likely N-dealkylation sites (tertiary alicyclic amines) is 1. The summed E-state index contributed by atoms with van der Waals surface area (Å²) in [6.07, 6.45) is 3.58. The monoisotopic (exact) mass is 376 g/mol. The Morgan fingerprint density at radius 2 is 2.00 bits per heavy atom. The molecule has 1 heterocycles. The van der Waals surface area contributed by atoms with Crippen molar-refractivity contribution >= 4 is 5.96 Å². The summed E-state index contributed by atoms with van der Waals surface area (Å²) >= 11 is 0. The van der Waals surface area contributed by atoms with Crippen LogP contribution in [0.4, 0.5) is 0 Å². The molecule has 0 aromatic heterocycles. The Bertz CT molecular complexity index is 557. The largest absolute Gasteiger partial charge is 0.496 e. The van der Waals surface area contributed by atoms with Crippen LogP contribution in [0.2, 0.25) is 0 Å². The Morgan fingerprint density at radius 1 is 1.22 bits per heavy atom. The van der Waals surface area contributed by atoms with Gasteiger partial charge >= 0.3 is 0 Å². The minimum absolute atomic E-state index is 0.505. The Hall–Kier alpha value is -1.79. The van der Waals surface area contributed by atoms with E-state index >= 15 is 0 Å². The molecule has 1 aliphatic rings. The van der Waals surface area contributed by atoms with Crippen LogP contribution >= 0.6 is 0 Å². The topological polar surface area (TPSA) is 58.1 Å². The van der Waals surface area contributed by atoms with E-state index in [4.69, 9.17) is 9.47 Å². The van der Waals surface area contributed by atoms with Crippen molar-refractivity contribution in [2.75, 3.05) is 46.4 Å². The van der Waals surface area contributed by atoms with Gasteiger partial charge in [-0.25, -0.2) is 0 Å². The number of para-hydroxylation sites is 1. The van der Waals surface area contributed by atoms with Gasteiger partial charge in [-0.15, -0.1) is 0 Å². The highest BCUT2D eigenvalue weighted by Gasteiger charge is 2.19. The van der Waals surface area contributed by atoms with Crippen LogP contribution in [-0.4, -0.2) is 63.3 Å². The summed E-state index contributed by atoms with van der Waals surface area (Å²) in [5.41, 5.74) is 1.06. The molecule has 0 bridgehead atoms. The van der Waals surface area contributed by atoms with E-state index < -0.39 is 0 Å². The molecule has 27 heavy (non-hydrogen) atoms. The molecule has 2 N–H and O–H groups in total. The van der Waals surface area contributed by atoms with E-state index in [2.05, 4.69) is 34.4 Å². The van der Waals surface area contributed by atoms with Crippen molar-refractivity contribution < 1.29 is 9.47 Å². The lowest BCUT2D eigenvalue weighted by Crippen LogP contribution is -2.48. The predicted octanol–water partition coefficient (Wildman–Crippen LogP) is 2.64. The number of piperidine rings is 1. The SMILES string of the molecule is CCCN1CCC(NC(=NCCOCc2ccccc2OC)NCC)CC1. The minimum Gasteiger partial charge on any atom is -0.496 e. The fraction of sp³-hybridized carbons (Fsp3) is 0.667. The fourth-order valence-corrected chi connectivity index (χ4v) is 3.36. The van der Waals surface area contributed by atoms with Gasteiger partial charge in [-0.05, 0) is 38.8 Å². The first-order valence-electron chi connectivity index (χ1n) is 10.2. The van der Waals surface area contributed by atoms with Gasteiger partial charge in [0.25, 0.3) is 0 Å². The maximum absolute atomic E-state index is 5.77. The van der Waals surface area contributed by atoms with Gasteiger partial charge in [0, 0.05) is 31.2 Å². The number of nitrogens with one attached hydrogen (secondary N) is 2. The smallest absolute Gasteiger partial charge is 0.191 e. The molecule has 0 spiro atoms. The van der Waals surface area contributed by atoms with E-state index in [1.54, 1.807) is 7.11 Å². The van der Waals surface area contributed by atoms with E-state index in [0.717, 1.165) is 23.8 Å². The molecule has 1 aliphatic heterocycles. The van der Waals surface area contributed by atoms with E-state index in [-0.39, 0.29) is 0 Å². The Balaban J connectivity index is 1.72. The maximum atomic E-state index is 5.77. The highest BCUT2D eigenvalue weighted by molar-refractivity contribution is 5.80. The Kier molecular flexibility index (Phi) is 10.0. The lowest BCUT2D eigenvalue weighted by atomic mass is 10.1. The van der Waals surface area contributed by atoms with E-state index in [9.17, 15) is 0 Å². The third-order valence-corrected chi connectivity index (χ3v) is 4.77. The van der Waals surface area contributed by atoms with Crippen LogP contribution in [-0.2, 0) is 11.3 Å². The zero-order valence-electron chi connectivity index (χ0n) is 17.2. The fourth-order valence-electron chi connectivity index (χ4n) is 3.36. The molecule has 0 atom stereocenters. The van der Waals surface area contributed by atoms with E-state index in [1.807, 2.05) is 24.3 Å². The third kappa shape index (κ3) is 7.77. The standard InChI is InChI=1S/C21H36N4O2/c1-4-13-25-14-10-19(11-15-25)24-21(22-5-2)23-12-16-27-17-18-8-6-7-9-20(18)26-3/h6-9,19H,4-5,10-17H2,1-3H3,(H2,22,23,24). The molecule has 0 aliphatic carbocycles. The summed E-state index contributed by atoms with van der Waals surface area (Å²) in [6.45, 7) is 10.5. The Labute approximate surface area is 164 Å². The van der Waals surface area contributed by atoms with Crippen molar-refractivity contribution in [2.24, 2.45) is 4.99 Å². The average molecular weight is 377 g/mol. The molecule has 152 valence electrons. The second kappa shape index (κ2) is 12.6. The van der Waals surface area contributed by atoms with Crippen LogP contribution in [0.1, 0.15) is 38.7 Å². The third-order valence-electron chi connectivity index (χ3n) is 4.77. The summed E-state index contributed by atoms with van der Waals surface area (Å²) in [7, 11) is 1.68. The first-order chi connectivity index (χ1) is 13.3. The molecule has 6 nitrogen and oxygen atoms in total. The summed E-state index contributed by atoms with van der Waals surface area (Å²) in [6, 6.07) is 8.45. The van der Waals surface area contributed by atoms with Gasteiger partial charge in [0.2, 0.25) is 0 Å². The van der Waals surface area contributed by atoms with Crippen molar-refractivity contribution in [3.63, 3.8) is 0 Å². The van der Waals surface area contributed by atoms with Gasteiger partial charge in [0.1, 0.15) is 5.75 Å². The van der Waals surface area contributed by atoms with Crippen molar-refractivity contribution in [2.45, 2.75) is 45.8 Å². The second-order valence-corrected chi connectivity index (χ2v) is 6.89. The first-order valence-corrected chi connectivity index (χ1v) is 10.2. The number of rotatable bonds is 10. The summed E-state index contributed by atoms with van der Waals surface area (Å²) in [4.78, 5) is 7.21. The molecule has 1 aromatic rings. The van der Waals surface area contributed by atoms with Gasteiger partial charge < -0.3 is 25.0 Å². The number of aliphatic imine (C=N–C) groups is 1. The van der Waals surface area contributed by atoms with Crippen molar-refractivity contribution in [1.82, 2.24) is 15.5 Å². The van der Waals surface area contributed by atoms with Crippen molar-refractivity contribution in [3.8, 4) is 5.75 Å². The zero-order chi connectivity index (χ0) is 19.3. The van der Waals surface area contributed by atoms with Gasteiger partial charge in [0.05, 0.1) is 26.9 Å². The average Bonchev–Trinajstić information content (AvgIpc) is 2.70. The van der Waals surface area contributed by atoms with Crippen molar-refractivity contribution in [3.05, 3.63) is 29.8 Å². The second-order valence-electron chi connectivity index (χ2n) is 6.89. The number of hydrogen-bond donors (Lipinski definition) is 2. The van der Waals surface area contributed by atoms with Gasteiger partial charge in [-0.1, -0.05) is 25.1 Å². The van der Waals surface area contributed by atoms with E-state index in [0.29, 0.717) is 25.8 Å². The maximum Gasteiger partial charge on any atom is 0.191 e. The van der Waals surface area contributed by atoms with Gasteiger partial charge in [-0.2, -0.15) is 0 Å². The lowest BCUT2D eigenvalue weighted by Gasteiger charge is -2.32. The van der Waals surface area contributed by atoms with Crippen LogP contribution in [0.15, 0.2) is 29.3 Å². The predicted molar refractivity (Wildman–Crippen MR) is 112 cm³/mol. The quantitative estimate of drug-likeness (QED) is 0.373. The van der Waals surface area contributed by atoms with Crippen LogP contribution in [0, 0.1) is 0 Å². The highest BCUT2D eigenvalue weighted by atomic mass is 16.5. The number of hydrogen-bond acceptors (Lipinski definition) is 4. The van der Waals surface area contributed by atoms with Crippen molar-refractivity contribution in [1.29, 1.82) is 0 Å². The number of guanidine groups is 1. The highest BCUT2D eigenvalue weighted by Crippen LogP contribution is 2.17. The lowest BCUT2D eigenvalue weighted by molar-refractivity contribution is 0.126. The molecule has 0 saturated carbocycles. The van der Waals surface area contributed by atoms with Gasteiger partial charge in [-0.3, -0.25) is 4.99 Å². The molecule has 0 unspecified atom stereocenters. The van der Waals surface area contributed by atoms with Crippen LogP contribution < -0.4 is 15.4 Å². The number of ether oxygens (including phenoxy) is 2. The summed E-state index contributed by atoms with van der Waals surface area (Å²) < 4.78 is 11.1. The number of benzene rings is 1. The molecule has 1 saturated heterocycles. The Morgan fingerprint density at radius 3 is 2.70 bits per heavy atom. The molecular weight excluding hydrogens is 340 g/mol. The van der Waals surface area contributed by atoms with Crippen LogP contribution in [0.25, 0.3) is 0 Å². The molecule has 6 heteroatoms. The number of methoxy groups -OCH3 is 1.